The number of thiophene rings is 1. The third kappa shape index (κ3) is 1.35. The zero-order chi connectivity index (χ0) is 7.56. The quantitative estimate of drug-likeness (QED) is 0.607. The van der Waals surface area contributed by atoms with Crippen molar-refractivity contribution in [1.29, 1.82) is 5.26 Å². The minimum absolute atomic E-state index is 0.415. The highest BCUT2D eigenvalue weighted by Gasteiger charge is 2.04. The molecule has 0 N–H and O–H groups in total. The average Bonchev–Trinajstić information content (AvgIpc) is 2.34. The van der Waals surface area contributed by atoms with Gasteiger partial charge in [-0.25, -0.2) is 0 Å². The third-order valence-electron chi connectivity index (χ3n) is 0.922. The molecule has 0 aliphatic rings. The van der Waals surface area contributed by atoms with Gasteiger partial charge in [0.15, 0.2) is 0 Å². The molecule has 0 saturated heterocycles. The van der Waals surface area contributed by atoms with Crippen LogP contribution in [0.15, 0.2) is 11.4 Å². The van der Waals surface area contributed by atoms with Crippen LogP contribution in [0.25, 0.3) is 0 Å². The van der Waals surface area contributed by atoms with Crippen LogP contribution in [0.1, 0.15) is 15.2 Å². The molecule has 1 heterocycles. The van der Waals surface area contributed by atoms with Crippen LogP contribution in [0, 0.1) is 11.3 Å². The van der Waals surface area contributed by atoms with Crippen molar-refractivity contribution in [3.8, 4) is 6.07 Å². The molecule has 0 aromatic carbocycles. The highest BCUT2D eigenvalue weighted by Crippen LogP contribution is 2.15. The van der Waals surface area contributed by atoms with E-state index in [9.17, 15) is 4.79 Å². The first-order valence-electron chi connectivity index (χ1n) is 2.42. The van der Waals surface area contributed by atoms with Crippen molar-refractivity contribution >= 4 is 28.2 Å². The lowest BCUT2D eigenvalue weighted by Crippen LogP contribution is -1.79. The Morgan fingerprint density at radius 1 is 1.80 bits per heavy atom. The molecule has 0 unspecified atom stereocenters. The van der Waals surface area contributed by atoms with Crippen LogP contribution < -0.4 is 0 Å². The van der Waals surface area contributed by atoms with Crippen LogP contribution in [0.4, 0.5) is 0 Å². The van der Waals surface area contributed by atoms with Gasteiger partial charge in [0, 0.05) is 5.38 Å². The van der Waals surface area contributed by atoms with Gasteiger partial charge in [-0.1, -0.05) is 0 Å². The van der Waals surface area contributed by atoms with Crippen LogP contribution in [0.2, 0.25) is 0 Å². The largest absolute Gasteiger partial charge is 0.275 e. The van der Waals surface area contributed by atoms with E-state index in [0.29, 0.717) is 10.4 Å². The van der Waals surface area contributed by atoms with Gasteiger partial charge < -0.3 is 0 Å². The molecule has 2 nitrogen and oxygen atoms in total. The fourth-order valence-corrected chi connectivity index (χ4v) is 1.35. The molecule has 0 spiro atoms. The van der Waals surface area contributed by atoms with Crippen LogP contribution >= 0.6 is 22.9 Å². The molecular weight excluding hydrogens is 170 g/mol. The van der Waals surface area contributed by atoms with Crippen molar-refractivity contribution in [3.05, 3.63) is 21.9 Å². The molecule has 0 atom stereocenters. The number of nitrogens with zero attached hydrogens (tertiary/aromatic N) is 1. The van der Waals surface area contributed by atoms with Gasteiger partial charge >= 0.3 is 0 Å². The van der Waals surface area contributed by atoms with Gasteiger partial charge in [0.25, 0.3) is 5.24 Å². The van der Waals surface area contributed by atoms with E-state index in [0.717, 1.165) is 0 Å². The molecule has 1 aromatic heterocycles. The summed E-state index contributed by atoms with van der Waals surface area (Å²) in [6.07, 6.45) is 0. The minimum atomic E-state index is -0.508. The summed E-state index contributed by atoms with van der Waals surface area (Å²) >= 11 is 6.31. The normalized spacial score (nSPS) is 8.80. The Balaban J connectivity index is 3.02. The Bertz CT molecular complexity index is 299. The minimum Gasteiger partial charge on any atom is -0.275 e. The van der Waals surface area contributed by atoms with E-state index in [-0.39, 0.29) is 0 Å². The first-order chi connectivity index (χ1) is 4.74. The summed E-state index contributed by atoms with van der Waals surface area (Å²) in [5.41, 5.74) is 0.481. The fraction of sp³-hybridized carbons (Fsp3) is 0. The predicted molar refractivity (Wildman–Crippen MR) is 39.2 cm³/mol. The molecule has 0 fully saturated rings. The van der Waals surface area contributed by atoms with Gasteiger partial charge in [0.1, 0.15) is 6.07 Å². The molecule has 0 radical (unpaired) electrons. The van der Waals surface area contributed by atoms with E-state index in [1.807, 2.05) is 6.07 Å². The lowest BCUT2D eigenvalue weighted by Gasteiger charge is -1.77. The average molecular weight is 172 g/mol. The number of carbonyl (C=O) groups excluding carboxylic acids is 1. The van der Waals surface area contributed by atoms with Gasteiger partial charge in [0.05, 0.1) is 10.4 Å². The standard InChI is InChI=1S/C6H2ClNOS/c7-6(9)5-1-4(2-8)3-10-5/h1,3H. The van der Waals surface area contributed by atoms with Crippen molar-refractivity contribution < 1.29 is 4.79 Å². The summed E-state index contributed by atoms with van der Waals surface area (Å²) in [5.74, 6) is 0. The summed E-state index contributed by atoms with van der Waals surface area (Å²) in [6.45, 7) is 0. The summed E-state index contributed by atoms with van der Waals surface area (Å²) in [4.78, 5) is 10.9. The van der Waals surface area contributed by atoms with Crippen molar-refractivity contribution in [2.45, 2.75) is 0 Å². The van der Waals surface area contributed by atoms with Gasteiger partial charge in [-0.3, -0.25) is 4.79 Å². The van der Waals surface area contributed by atoms with Crippen LogP contribution in [0.3, 0.4) is 0 Å². The van der Waals surface area contributed by atoms with E-state index < -0.39 is 5.24 Å². The predicted octanol–water partition coefficient (Wildman–Crippen LogP) is 2.00. The number of halogens is 1. The Kier molecular flexibility index (Phi) is 2.05. The first-order valence-corrected chi connectivity index (χ1v) is 3.68. The smallest absolute Gasteiger partial charge is 0.262 e. The van der Waals surface area contributed by atoms with E-state index in [1.54, 1.807) is 5.38 Å². The number of carbonyl (C=O) groups is 1. The third-order valence-corrected chi connectivity index (χ3v) is 2.17. The second-order valence-corrected chi connectivity index (χ2v) is 2.84. The van der Waals surface area contributed by atoms with Gasteiger partial charge in [-0.2, -0.15) is 5.26 Å². The molecule has 50 valence electrons. The summed E-state index contributed by atoms with van der Waals surface area (Å²) in [6, 6.07) is 3.37. The molecule has 0 aliphatic carbocycles. The zero-order valence-electron chi connectivity index (χ0n) is 4.80. The number of nitriles is 1. The maximum absolute atomic E-state index is 10.4. The number of hydrogen-bond donors (Lipinski definition) is 0. The lowest BCUT2D eigenvalue weighted by atomic mass is 10.3. The molecule has 0 bridgehead atoms. The van der Waals surface area contributed by atoms with Gasteiger partial charge in [-0.05, 0) is 17.7 Å². The highest BCUT2D eigenvalue weighted by molar-refractivity contribution is 7.14. The molecule has 4 heteroatoms. The van der Waals surface area contributed by atoms with Crippen LogP contribution in [-0.2, 0) is 0 Å². The molecule has 0 aliphatic heterocycles. The second-order valence-electron chi connectivity index (χ2n) is 1.59. The molecule has 1 aromatic rings. The Morgan fingerprint density at radius 2 is 2.50 bits per heavy atom. The van der Waals surface area contributed by atoms with Crippen molar-refractivity contribution in [2.24, 2.45) is 0 Å². The molecular formula is C6H2ClNOS. The van der Waals surface area contributed by atoms with E-state index >= 15 is 0 Å². The maximum Gasteiger partial charge on any atom is 0.262 e. The van der Waals surface area contributed by atoms with Crippen molar-refractivity contribution in [3.63, 3.8) is 0 Å². The SMILES string of the molecule is N#Cc1csc(C(=O)Cl)c1. The number of rotatable bonds is 1. The Labute approximate surface area is 66.7 Å². The summed E-state index contributed by atoms with van der Waals surface area (Å²) in [7, 11) is 0. The molecule has 1 rings (SSSR count). The Hall–Kier alpha value is -0.850. The first kappa shape index (κ1) is 7.26. The summed E-state index contributed by atoms with van der Waals surface area (Å²) < 4.78 is 0. The molecule has 10 heavy (non-hydrogen) atoms. The number of hydrogen-bond acceptors (Lipinski definition) is 3. The summed E-state index contributed by atoms with van der Waals surface area (Å²) in [5, 5.41) is 9.42. The maximum atomic E-state index is 10.4. The van der Waals surface area contributed by atoms with E-state index in [4.69, 9.17) is 16.9 Å². The van der Waals surface area contributed by atoms with Gasteiger partial charge in [-0.15, -0.1) is 11.3 Å². The highest BCUT2D eigenvalue weighted by atomic mass is 35.5. The van der Waals surface area contributed by atoms with Crippen molar-refractivity contribution in [1.82, 2.24) is 0 Å². The lowest BCUT2D eigenvalue weighted by molar-refractivity contribution is 0.108. The topological polar surface area (TPSA) is 40.9 Å². The zero-order valence-corrected chi connectivity index (χ0v) is 6.37. The monoisotopic (exact) mass is 171 g/mol. The van der Waals surface area contributed by atoms with E-state index in [1.165, 1.54) is 17.4 Å². The second kappa shape index (κ2) is 2.82. The molecule has 0 saturated carbocycles. The molecule has 0 amide bonds. The fourth-order valence-electron chi connectivity index (χ4n) is 0.498. The van der Waals surface area contributed by atoms with Crippen LogP contribution in [0.5, 0.6) is 0 Å². The van der Waals surface area contributed by atoms with Gasteiger partial charge in [0.2, 0.25) is 0 Å². The van der Waals surface area contributed by atoms with Crippen molar-refractivity contribution in [2.75, 3.05) is 0 Å². The Morgan fingerprint density at radius 3 is 2.80 bits per heavy atom. The van der Waals surface area contributed by atoms with E-state index in [2.05, 4.69) is 0 Å². The van der Waals surface area contributed by atoms with Crippen LogP contribution in [-0.4, -0.2) is 5.24 Å².